The van der Waals surface area contributed by atoms with Crippen molar-refractivity contribution >= 4 is 21.8 Å². The molecular weight excluding hydrogens is 246 g/mol. The third kappa shape index (κ3) is 1.67. The highest BCUT2D eigenvalue weighted by Gasteiger charge is 2.58. The van der Waals surface area contributed by atoms with E-state index in [2.05, 4.69) is 26.7 Å². The maximum absolute atomic E-state index is 11.4. The maximum atomic E-state index is 11.4. The molecule has 0 aromatic heterocycles. The number of carbonyl (C=O) groups excluding carboxylic acids is 1. The van der Waals surface area contributed by atoms with Gasteiger partial charge in [0.05, 0.1) is 13.2 Å². The Hall–Kier alpha value is -0.530. The molecule has 1 aliphatic heterocycles. The molecule has 2 atom stereocenters. The molecule has 1 aliphatic carbocycles. The molecule has 2 unspecified atom stereocenters. The van der Waals surface area contributed by atoms with E-state index in [0.717, 1.165) is 19.8 Å². The standard InChI is InChI=1S/C10H12BrNO2/c1-12(9(13)2-3-11)6-10-4-8(10)5-14-7-10/h8H,4-7H2,1H3. The van der Waals surface area contributed by atoms with E-state index in [1.54, 1.807) is 11.9 Å². The smallest absolute Gasteiger partial charge is 0.299 e. The fraction of sp³-hybridized carbons (Fsp3) is 0.700. The summed E-state index contributed by atoms with van der Waals surface area (Å²) in [5.74, 6) is 3.01. The van der Waals surface area contributed by atoms with Crippen molar-refractivity contribution in [2.45, 2.75) is 6.42 Å². The van der Waals surface area contributed by atoms with Gasteiger partial charge in [0.25, 0.3) is 5.91 Å². The molecule has 0 N–H and O–H groups in total. The Bertz CT molecular complexity index is 320. The van der Waals surface area contributed by atoms with Crippen LogP contribution in [0.5, 0.6) is 0 Å². The van der Waals surface area contributed by atoms with Gasteiger partial charge in [-0.25, -0.2) is 0 Å². The minimum Gasteiger partial charge on any atom is -0.380 e. The second-order valence-electron chi connectivity index (χ2n) is 4.16. The third-order valence-corrected chi connectivity index (χ3v) is 3.32. The van der Waals surface area contributed by atoms with E-state index < -0.39 is 0 Å². The van der Waals surface area contributed by atoms with Crippen LogP contribution < -0.4 is 0 Å². The molecule has 0 spiro atoms. The first-order valence-corrected chi connectivity index (χ1v) is 5.42. The highest BCUT2D eigenvalue weighted by Crippen LogP contribution is 2.57. The molecule has 1 heterocycles. The lowest BCUT2D eigenvalue weighted by Gasteiger charge is -2.19. The lowest BCUT2D eigenvalue weighted by molar-refractivity contribution is -0.124. The molecule has 0 radical (unpaired) electrons. The van der Waals surface area contributed by atoms with Crippen molar-refractivity contribution in [1.29, 1.82) is 0 Å². The van der Waals surface area contributed by atoms with Crippen LogP contribution in [0.4, 0.5) is 0 Å². The second kappa shape index (κ2) is 3.56. The number of nitrogens with zero attached hydrogens (tertiary/aromatic N) is 1. The van der Waals surface area contributed by atoms with Crippen LogP contribution in [0.25, 0.3) is 0 Å². The van der Waals surface area contributed by atoms with E-state index >= 15 is 0 Å². The molecule has 3 nitrogen and oxygen atoms in total. The Kier molecular flexibility index (Phi) is 2.54. The van der Waals surface area contributed by atoms with Gasteiger partial charge in [-0.3, -0.25) is 4.79 Å². The average Bonchev–Trinajstić information content (AvgIpc) is 2.68. The van der Waals surface area contributed by atoms with Crippen molar-refractivity contribution in [3.8, 4) is 10.8 Å². The topological polar surface area (TPSA) is 29.5 Å². The summed E-state index contributed by atoms with van der Waals surface area (Å²) in [7, 11) is 1.79. The highest BCUT2D eigenvalue weighted by atomic mass is 79.9. The van der Waals surface area contributed by atoms with Crippen LogP contribution >= 0.6 is 15.9 Å². The SMILES string of the molecule is CN(CC12COCC1C2)C(=O)C#CBr. The summed E-state index contributed by atoms with van der Waals surface area (Å²) in [6.07, 6.45) is 1.20. The van der Waals surface area contributed by atoms with Gasteiger partial charge in [-0.15, -0.1) is 0 Å². The van der Waals surface area contributed by atoms with Crippen molar-refractivity contribution in [3.05, 3.63) is 0 Å². The number of ether oxygens (including phenoxy) is 1. The Morgan fingerprint density at radius 2 is 2.57 bits per heavy atom. The molecule has 2 aliphatic rings. The zero-order chi connectivity index (χ0) is 10.2. The molecule has 0 bridgehead atoms. The molecule has 1 amide bonds. The Morgan fingerprint density at radius 3 is 3.07 bits per heavy atom. The number of amides is 1. The lowest BCUT2D eigenvalue weighted by Crippen LogP contribution is -2.33. The Morgan fingerprint density at radius 1 is 1.79 bits per heavy atom. The fourth-order valence-electron chi connectivity index (χ4n) is 2.17. The minimum atomic E-state index is -0.131. The summed E-state index contributed by atoms with van der Waals surface area (Å²) in [5, 5.41) is 0. The van der Waals surface area contributed by atoms with Gasteiger partial charge in [-0.2, -0.15) is 0 Å². The van der Waals surface area contributed by atoms with E-state index in [0.29, 0.717) is 5.92 Å². The van der Waals surface area contributed by atoms with E-state index in [9.17, 15) is 4.79 Å². The van der Waals surface area contributed by atoms with Crippen molar-refractivity contribution in [3.63, 3.8) is 0 Å². The Labute approximate surface area is 91.9 Å². The Balaban J connectivity index is 1.91. The molecule has 76 valence electrons. The number of hydrogen-bond acceptors (Lipinski definition) is 2. The van der Waals surface area contributed by atoms with E-state index in [1.807, 2.05) is 0 Å². The molecule has 14 heavy (non-hydrogen) atoms. The fourth-order valence-corrected chi connectivity index (χ4v) is 2.34. The van der Waals surface area contributed by atoms with Crippen LogP contribution in [0.1, 0.15) is 6.42 Å². The molecule has 1 saturated heterocycles. The summed E-state index contributed by atoms with van der Waals surface area (Å²) in [5.41, 5.74) is 0.262. The van der Waals surface area contributed by atoms with E-state index in [1.165, 1.54) is 6.42 Å². The number of rotatable bonds is 2. The molecule has 0 aromatic rings. The lowest BCUT2D eigenvalue weighted by atomic mass is 10.1. The van der Waals surface area contributed by atoms with Gasteiger partial charge in [-0.05, 0) is 17.2 Å². The van der Waals surface area contributed by atoms with Gasteiger partial charge in [-0.1, -0.05) is 0 Å². The minimum absolute atomic E-state index is 0.131. The number of hydrogen-bond donors (Lipinski definition) is 0. The predicted octanol–water partition coefficient (Wildman–Crippen LogP) is 0.837. The summed E-state index contributed by atoms with van der Waals surface area (Å²) in [6.45, 7) is 2.45. The molecular formula is C10H12BrNO2. The quantitative estimate of drug-likeness (QED) is 0.687. The van der Waals surface area contributed by atoms with E-state index in [4.69, 9.17) is 4.74 Å². The molecule has 1 saturated carbocycles. The number of carbonyl (C=O) groups is 1. The van der Waals surface area contributed by atoms with Crippen molar-refractivity contribution in [2.24, 2.45) is 11.3 Å². The zero-order valence-electron chi connectivity index (χ0n) is 8.05. The zero-order valence-corrected chi connectivity index (χ0v) is 9.63. The second-order valence-corrected chi connectivity index (χ2v) is 4.56. The molecule has 2 rings (SSSR count). The van der Waals surface area contributed by atoms with Crippen LogP contribution in [0.2, 0.25) is 0 Å². The number of fused-ring (bicyclic) bond motifs is 1. The molecule has 2 fully saturated rings. The summed E-state index contributed by atoms with van der Waals surface area (Å²) >= 11 is 2.92. The van der Waals surface area contributed by atoms with Crippen molar-refractivity contribution in [1.82, 2.24) is 4.90 Å². The predicted molar refractivity (Wildman–Crippen MR) is 55.7 cm³/mol. The molecule has 0 aromatic carbocycles. The molecule has 4 heteroatoms. The highest BCUT2D eigenvalue weighted by molar-refractivity contribution is 9.12. The van der Waals surface area contributed by atoms with Crippen molar-refractivity contribution < 1.29 is 9.53 Å². The third-order valence-electron chi connectivity index (χ3n) is 3.12. The van der Waals surface area contributed by atoms with E-state index in [-0.39, 0.29) is 11.3 Å². The first kappa shape index (κ1) is 10.0. The van der Waals surface area contributed by atoms with Crippen LogP contribution in [0.15, 0.2) is 0 Å². The monoisotopic (exact) mass is 257 g/mol. The van der Waals surface area contributed by atoms with Gasteiger partial charge in [0.1, 0.15) is 0 Å². The van der Waals surface area contributed by atoms with Crippen LogP contribution in [-0.4, -0.2) is 37.6 Å². The van der Waals surface area contributed by atoms with Gasteiger partial charge in [0.2, 0.25) is 0 Å². The maximum Gasteiger partial charge on any atom is 0.299 e. The van der Waals surface area contributed by atoms with Gasteiger partial charge < -0.3 is 9.64 Å². The van der Waals surface area contributed by atoms with Crippen molar-refractivity contribution in [2.75, 3.05) is 26.8 Å². The van der Waals surface area contributed by atoms with Crippen LogP contribution in [0, 0.1) is 22.1 Å². The summed E-state index contributed by atoms with van der Waals surface area (Å²) in [6, 6.07) is 0. The van der Waals surface area contributed by atoms with Crippen LogP contribution in [0.3, 0.4) is 0 Å². The van der Waals surface area contributed by atoms with Crippen LogP contribution in [-0.2, 0) is 9.53 Å². The van der Waals surface area contributed by atoms with Gasteiger partial charge >= 0.3 is 0 Å². The first-order valence-electron chi connectivity index (χ1n) is 4.62. The van der Waals surface area contributed by atoms with Gasteiger partial charge in [0.15, 0.2) is 0 Å². The summed E-state index contributed by atoms with van der Waals surface area (Å²) < 4.78 is 5.37. The first-order chi connectivity index (χ1) is 6.68. The largest absolute Gasteiger partial charge is 0.380 e. The van der Waals surface area contributed by atoms with Gasteiger partial charge in [0, 0.05) is 40.9 Å². The summed E-state index contributed by atoms with van der Waals surface area (Å²) in [4.78, 5) is 15.5. The normalized spacial score (nSPS) is 32.9. The number of halogens is 1. The average molecular weight is 258 g/mol.